The zero-order valence-electron chi connectivity index (χ0n) is 14.3. The second-order valence-corrected chi connectivity index (χ2v) is 11.0. The Labute approximate surface area is 115 Å². The standard InChI is InChI=1S/C9H25N3P.C4H9O/c1-9(2)13(10(3)4,11(5)6)12(7)8;1-4(2,3)5/h9H,1-8H3;1-3H3/q+1;-1. The first-order valence-electron chi connectivity index (χ1n) is 6.40. The van der Waals surface area contributed by atoms with Crippen LogP contribution in [0, 0.1) is 0 Å². The second kappa shape index (κ2) is 7.76. The third kappa shape index (κ3) is 6.44. The van der Waals surface area contributed by atoms with Gasteiger partial charge in [-0.3, -0.25) is 0 Å². The molecule has 0 saturated carbocycles. The Morgan fingerprint density at radius 2 is 0.944 bits per heavy atom. The van der Waals surface area contributed by atoms with Crippen molar-refractivity contribution >= 4 is 7.71 Å². The van der Waals surface area contributed by atoms with Crippen LogP contribution in [0.15, 0.2) is 0 Å². The molecule has 0 aromatic rings. The Bertz CT molecular complexity index is 179. The number of hydrogen-bond acceptors (Lipinski definition) is 4. The zero-order valence-corrected chi connectivity index (χ0v) is 15.2. The summed E-state index contributed by atoms with van der Waals surface area (Å²) in [4.78, 5) is 0. The second-order valence-electron chi connectivity index (χ2n) is 6.36. The van der Waals surface area contributed by atoms with Crippen LogP contribution in [0.2, 0.25) is 0 Å². The summed E-state index contributed by atoms with van der Waals surface area (Å²) in [7, 11) is 11.8. The van der Waals surface area contributed by atoms with Gasteiger partial charge in [-0.2, -0.15) is 14.0 Å². The summed E-state index contributed by atoms with van der Waals surface area (Å²) in [5, 5.41) is 10.1. The summed E-state index contributed by atoms with van der Waals surface area (Å²) >= 11 is 0. The SMILES string of the molecule is CC(C)(C)[O-].CC(C)[P+](N(C)C)(N(C)C)N(C)C. The van der Waals surface area contributed by atoms with Gasteiger partial charge in [-0.05, 0) is 13.8 Å². The van der Waals surface area contributed by atoms with E-state index < -0.39 is 13.3 Å². The van der Waals surface area contributed by atoms with Crippen LogP contribution in [0.5, 0.6) is 0 Å². The molecule has 0 N–H and O–H groups in total. The molecule has 0 aliphatic heterocycles. The topological polar surface area (TPSA) is 32.8 Å². The van der Waals surface area contributed by atoms with E-state index in [2.05, 4.69) is 70.1 Å². The molecular weight excluding hydrogens is 245 g/mol. The molecule has 112 valence electrons. The molecule has 4 nitrogen and oxygen atoms in total. The first-order chi connectivity index (χ1) is 7.77. The van der Waals surface area contributed by atoms with E-state index in [0.717, 1.165) is 0 Å². The molecule has 0 aromatic carbocycles. The summed E-state index contributed by atoms with van der Waals surface area (Å²) in [6, 6.07) is 0. The van der Waals surface area contributed by atoms with Gasteiger partial charge in [-0.25, -0.2) is 0 Å². The molecule has 0 aromatic heterocycles. The molecular formula is C13H34N3OP. The van der Waals surface area contributed by atoms with E-state index in [-0.39, 0.29) is 0 Å². The van der Waals surface area contributed by atoms with Crippen molar-refractivity contribution in [1.29, 1.82) is 0 Å². The maximum atomic E-state index is 10.1. The van der Waals surface area contributed by atoms with Crippen LogP contribution in [0.4, 0.5) is 0 Å². The minimum atomic E-state index is -1.28. The maximum Gasteiger partial charge on any atom is 0.228 e. The number of hydrogen-bond donors (Lipinski definition) is 0. The Kier molecular flexibility index (Phi) is 8.88. The molecule has 0 saturated heterocycles. The lowest BCUT2D eigenvalue weighted by molar-refractivity contribution is -0.458. The average molecular weight is 279 g/mol. The van der Waals surface area contributed by atoms with E-state index in [1.54, 1.807) is 20.8 Å². The van der Waals surface area contributed by atoms with Gasteiger partial charge in [0.25, 0.3) is 0 Å². The highest BCUT2D eigenvalue weighted by Gasteiger charge is 2.50. The molecule has 0 spiro atoms. The van der Waals surface area contributed by atoms with Crippen LogP contribution in [0.25, 0.3) is 0 Å². The molecule has 0 rings (SSSR count). The predicted molar refractivity (Wildman–Crippen MR) is 82.9 cm³/mol. The van der Waals surface area contributed by atoms with Crippen molar-refractivity contribution in [3.8, 4) is 0 Å². The third-order valence-electron chi connectivity index (χ3n) is 2.46. The molecule has 0 aliphatic rings. The van der Waals surface area contributed by atoms with Crippen LogP contribution < -0.4 is 5.11 Å². The monoisotopic (exact) mass is 279 g/mol. The van der Waals surface area contributed by atoms with Gasteiger partial charge in [0.05, 0.1) is 0 Å². The molecule has 18 heavy (non-hydrogen) atoms. The Hall–Kier alpha value is 0.270. The maximum absolute atomic E-state index is 10.1. The van der Waals surface area contributed by atoms with Crippen molar-refractivity contribution in [3.63, 3.8) is 0 Å². The number of nitrogens with zero attached hydrogens (tertiary/aromatic N) is 3. The highest BCUT2D eigenvalue weighted by atomic mass is 31.2. The Morgan fingerprint density at radius 3 is 0.944 bits per heavy atom. The van der Waals surface area contributed by atoms with E-state index in [1.807, 2.05) is 0 Å². The Morgan fingerprint density at radius 1 is 0.778 bits per heavy atom. The normalized spacial score (nSPS) is 13.3. The van der Waals surface area contributed by atoms with Crippen LogP contribution in [-0.4, -0.2) is 67.6 Å². The first kappa shape index (κ1) is 20.6. The third-order valence-corrected chi connectivity index (χ3v) is 7.38. The fraction of sp³-hybridized carbons (Fsp3) is 1.00. The van der Waals surface area contributed by atoms with E-state index in [9.17, 15) is 5.11 Å². The average Bonchev–Trinajstić information content (AvgIpc) is 1.96. The van der Waals surface area contributed by atoms with Gasteiger partial charge in [0.2, 0.25) is 7.71 Å². The summed E-state index contributed by atoms with van der Waals surface area (Å²) in [5.74, 6) is 0. The molecule has 0 aliphatic carbocycles. The first-order valence-corrected chi connectivity index (χ1v) is 8.12. The zero-order chi connectivity index (χ0) is 15.3. The van der Waals surface area contributed by atoms with Gasteiger partial charge in [-0.1, -0.05) is 20.8 Å². The van der Waals surface area contributed by atoms with Gasteiger partial charge in [0.15, 0.2) is 0 Å². The lowest BCUT2D eigenvalue weighted by Gasteiger charge is -2.42. The molecule has 0 atom stereocenters. The molecule has 0 unspecified atom stereocenters. The number of rotatable bonds is 4. The van der Waals surface area contributed by atoms with Gasteiger partial charge in [-0.15, -0.1) is 5.60 Å². The van der Waals surface area contributed by atoms with E-state index in [1.165, 1.54) is 0 Å². The predicted octanol–water partition coefficient (Wildman–Crippen LogP) is 1.99. The quantitative estimate of drug-likeness (QED) is 0.737. The minimum absolute atomic E-state index is 0.660. The highest BCUT2D eigenvalue weighted by Crippen LogP contribution is 2.66. The van der Waals surface area contributed by atoms with Crippen LogP contribution in [0.1, 0.15) is 34.6 Å². The molecule has 0 heterocycles. The largest absolute Gasteiger partial charge is 0.850 e. The Balaban J connectivity index is 0. The summed E-state index contributed by atoms with van der Waals surface area (Å²) < 4.78 is 7.12. The van der Waals surface area contributed by atoms with Gasteiger partial charge in [0, 0.05) is 42.3 Å². The highest BCUT2D eigenvalue weighted by molar-refractivity contribution is 7.69. The van der Waals surface area contributed by atoms with Crippen molar-refractivity contribution in [2.45, 2.75) is 45.9 Å². The van der Waals surface area contributed by atoms with Crippen LogP contribution in [0.3, 0.4) is 0 Å². The van der Waals surface area contributed by atoms with Gasteiger partial charge in [0.1, 0.15) is 5.66 Å². The van der Waals surface area contributed by atoms with E-state index in [4.69, 9.17) is 0 Å². The lowest BCUT2D eigenvalue weighted by Crippen LogP contribution is -2.40. The van der Waals surface area contributed by atoms with Crippen LogP contribution in [-0.2, 0) is 0 Å². The summed E-state index contributed by atoms with van der Waals surface area (Å²) in [6.07, 6.45) is 0. The van der Waals surface area contributed by atoms with Crippen LogP contribution >= 0.6 is 7.71 Å². The van der Waals surface area contributed by atoms with Crippen molar-refractivity contribution < 1.29 is 5.11 Å². The fourth-order valence-corrected chi connectivity index (χ4v) is 7.38. The summed E-state index contributed by atoms with van der Waals surface area (Å²) in [6.45, 7) is 9.49. The van der Waals surface area contributed by atoms with Crippen molar-refractivity contribution in [2.75, 3.05) is 42.3 Å². The molecule has 0 radical (unpaired) electrons. The van der Waals surface area contributed by atoms with Gasteiger partial charge >= 0.3 is 0 Å². The van der Waals surface area contributed by atoms with E-state index in [0.29, 0.717) is 5.66 Å². The smallest absolute Gasteiger partial charge is 0.228 e. The van der Waals surface area contributed by atoms with Crippen molar-refractivity contribution in [1.82, 2.24) is 14.0 Å². The minimum Gasteiger partial charge on any atom is -0.850 e. The van der Waals surface area contributed by atoms with E-state index >= 15 is 0 Å². The molecule has 0 fully saturated rings. The molecule has 0 bridgehead atoms. The van der Waals surface area contributed by atoms with Gasteiger partial charge < -0.3 is 5.11 Å². The van der Waals surface area contributed by atoms with Crippen molar-refractivity contribution in [3.05, 3.63) is 0 Å². The summed E-state index contributed by atoms with van der Waals surface area (Å²) in [5.41, 5.74) is -0.0903. The fourth-order valence-electron chi connectivity index (χ4n) is 2.46. The molecule has 0 amide bonds. The molecule has 5 heteroatoms. The van der Waals surface area contributed by atoms with Crippen molar-refractivity contribution in [2.24, 2.45) is 0 Å². The lowest BCUT2D eigenvalue weighted by atomic mass is 10.2.